The van der Waals surface area contributed by atoms with Crippen molar-refractivity contribution in [3.8, 4) is 11.1 Å². The summed E-state index contributed by atoms with van der Waals surface area (Å²) in [6.45, 7) is 0.417. The molecule has 1 atom stereocenters. The number of nitrogens with one attached hydrogen (secondary N) is 1. The minimum Gasteiger partial charge on any atom is -0.301 e. The molecule has 0 fully saturated rings. The average Bonchev–Trinajstić information content (AvgIpc) is 3.12. The first-order valence-electron chi connectivity index (χ1n) is 10.2. The van der Waals surface area contributed by atoms with Crippen LogP contribution in [0.15, 0.2) is 103 Å². The third-order valence-corrected chi connectivity index (χ3v) is 7.79. The molecule has 0 saturated heterocycles. The van der Waals surface area contributed by atoms with E-state index in [1.807, 2.05) is 66.7 Å². The van der Waals surface area contributed by atoms with E-state index >= 15 is 0 Å². The predicted octanol–water partition coefficient (Wildman–Crippen LogP) is 6.73. The molecule has 0 heterocycles. The molecule has 1 aliphatic rings. The number of hydrogen-bond donors (Lipinski definition) is 1. The average molecular weight is 446 g/mol. The van der Waals surface area contributed by atoms with Crippen molar-refractivity contribution in [1.29, 1.82) is 0 Å². The molecule has 154 valence electrons. The number of hydrogen-bond acceptors (Lipinski definition) is 2. The van der Waals surface area contributed by atoms with Gasteiger partial charge in [0.25, 0.3) is 0 Å². The van der Waals surface area contributed by atoms with Crippen molar-refractivity contribution < 1.29 is 9.09 Å². The van der Waals surface area contributed by atoms with Gasteiger partial charge in [-0.15, -0.1) is 0 Å². The van der Waals surface area contributed by atoms with Crippen molar-refractivity contribution in [3.05, 3.63) is 125 Å². The molecule has 31 heavy (non-hydrogen) atoms. The monoisotopic (exact) mass is 445 g/mol. The van der Waals surface area contributed by atoms with Gasteiger partial charge in [-0.05, 0) is 46.0 Å². The van der Waals surface area contributed by atoms with Gasteiger partial charge in [0.15, 0.2) is 0 Å². The van der Waals surface area contributed by atoms with Gasteiger partial charge in [0.05, 0.1) is 5.30 Å². The Morgan fingerprint density at radius 1 is 0.774 bits per heavy atom. The summed E-state index contributed by atoms with van der Waals surface area (Å²) in [5, 5.41) is 4.30. The number of fused-ring (bicyclic) bond motifs is 3. The van der Waals surface area contributed by atoms with Crippen molar-refractivity contribution in [1.82, 2.24) is 5.09 Å². The molecular formula is C26H21ClNO2P. The Hall–Kier alpha value is -2.68. The van der Waals surface area contributed by atoms with Crippen LogP contribution in [0.2, 0.25) is 5.02 Å². The molecular weight excluding hydrogens is 425 g/mol. The van der Waals surface area contributed by atoms with E-state index in [0.29, 0.717) is 16.9 Å². The SMILES string of the molecule is O=[P@](NCc1ccccc1)(OC1c2ccccc2-c2ccccc21)c1cccc(Cl)c1. The van der Waals surface area contributed by atoms with Gasteiger partial charge < -0.3 is 4.52 Å². The van der Waals surface area contributed by atoms with Crippen molar-refractivity contribution in [2.24, 2.45) is 0 Å². The summed E-state index contributed by atoms with van der Waals surface area (Å²) in [5.74, 6) is 0. The van der Waals surface area contributed by atoms with Gasteiger partial charge in [-0.3, -0.25) is 4.57 Å². The first-order valence-corrected chi connectivity index (χ1v) is 12.2. The van der Waals surface area contributed by atoms with E-state index in [-0.39, 0.29) is 0 Å². The molecule has 0 aliphatic heterocycles. The second-order valence-electron chi connectivity index (χ2n) is 7.51. The standard InChI is InChI=1S/C26H21ClNO2P/c27-20-11-8-12-21(17-20)31(29,28-18-19-9-2-1-3-10-19)30-26-24-15-6-4-13-22(24)23-14-5-7-16-25(23)26/h1-17,26H,18H2,(H,28,29)/t31-/m0/s1. The van der Waals surface area contributed by atoms with E-state index in [0.717, 1.165) is 27.8 Å². The molecule has 0 spiro atoms. The zero-order valence-electron chi connectivity index (χ0n) is 16.7. The topological polar surface area (TPSA) is 38.3 Å². The Labute approximate surface area is 187 Å². The Morgan fingerprint density at radius 3 is 2.03 bits per heavy atom. The van der Waals surface area contributed by atoms with Gasteiger partial charge in [-0.1, -0.05) is 96.5 Å². The van der Waals surface area contributed by atoms with Crippen LogP contribution in [0.5, 0.6) is 0 Å². The minimum absolute atomic E-state index is 0.417. The Balaban J connectivity index is 1.55. The summed E-state index contributed by atoms with van der Waals surface area (Å²) in [4.78, 5) is 0. The molecule has 0 aromatic heterocycles. The maximum atomic E-state index is 14.3. The summed E-state index contributed by atoms with van der Waals surface area (Å²) in [6, 6.07) is 33.2. The second-order valence-corrected chi connectivity index (χ2v) is 10.1. The number of rotatable bonds is 6. The van der Waals surface area contributed by atoms with Crippen LogP contribution in [-0.2, 0) is 15.6 Å². The summed E-state index contributed by atoms with van der Waals surface area (Å²) in [6.07, 6.45) is -0.430. The molecule has 4 aromatic carbocycles. The van der Waals surface area contributed by atoms with Crippen molar-refractivity contribution >= 4 is 24.4 Å². The van der Waals surface area contributed by atoms with Crippen molar-refractivity contribution in [3.63, 3.8) is 0 Å². The van der Waals surface area contributed by atoms with E-state index in [1.54, 1.807) is 24.3 Å². The van der Waals surface area contributed by atoms with Crippen molar-refractivity contribution in [2.45, 2.75) is 12.6 Å². The zero-order valence-corrected chi connectivity index (χ0v) is 18.4. The van der Waals surface area contributed by atoms with E-state index < -0.39 is 13.6 Å². The number of halogens is 1. The molecule has 0 saturated carbocycles. The molecule has 0 radical (unpaired) electrons. The fourth-order valence-corrected chi connectivity index (χ4v) is 6.16. The molecule has 0 bridgehead atoms. The third-order valence-electron chi connectivity index (χ3n) is 5.51. The lowest BCUT2D eigenvalue weighted by atomic mass is 10.1. The Morgan fingerprint density at radius 2 is 1.39 bits per heavy atom. The quantitative estimate of drug-likeness (QED) is 0.334. The summed E-state index contributed by atoms with van der Waals surface area (Å²) in [5.41, 5.74) is 5.30. The normalized spacial score (nSPS) is 14.6. The van der Waals surface area contributed by atoms with Gasteiger partial charge >= 0.3 is 7.52 Å². The second kappa shape index (κ2) is 8.45. The maximum absolute atomic E-state index is 14.3. The highest BCUT2D eigenvalue weighted by Crippen LogP contribution is 2.54. The van der Waals surface area contributed by atoms with Crippen LogP contribution in [0, 0.1) is 0 Å². The first kappa shape index (κ1) is 20.2. The van der Waals surface area contributed by atoms with E-state index in [2.05, 4.69) is 17.2 Å². The van der Waals surface area contributed by atoms with Gasteiger partial charge in [0.2, 0.25) is 0 Å². The highest BCUT2D eigenvalue weighted by molar-refractivity contribution is 7.65. The van der Waals surface area contributed by atoms with Gasteiger partial charge in [-0.25, -0.2) is 5.09 Å². The predicted molar refractivity (Wildman–Crippen MR) is 127 cm³/mol. The molecule has 0 amide bonds. The lowest BCUT2D eigenvalue weighted by Gasteiger charge is -2.25. The highest BCUT2D eigenvalue weighted by atomic mass is 35.5. The van der Waals surface area contributed by atoms with Crippen LogP contribution < -0.4 is 10.4 Å². The first-order chi connectivity index (χ1) is 15.1. The summed E-state index contributed by atoms with van der Waals surface area (Å²) >= 11 is 6.24. The fraction of sp³-hybridized carbons (Fsp3) is 0.0769. The van der Waals surface area contributed by atoms with Crippen LogP contribution in [-0.4, -0.2) is 0 Å². The molecule has 5 heteroatoms. The van der Waals surface area contributed by atoms with E-state index in [1.165, 1.54) is 0 Å². The molecule has 5 rings (SSSR count). The van der Waals surface area contributed by atoms with Crippen molar-refractivity contribution in [2.75, 3.05) is 0 Å². The van der Waals surface area contributed by atoms with Crippen LogP contribution >= 0.6 is 19.1 Å². The third kappa shape index (κ3) is 3.98. The summed E-state index contributed by atoms with van der Waals surface area (Å²) in [7, 11) is -3.46. The van der Waals surface area contributed by atoms with E-state index in [4.69, 9.17) is 16.1 Å². The zero-order chi connectivity index (χ0) is 21.3. The van der Waals surface area contributed by atoms with Crippen LogP contribution in [0.4, 0.5) is 0 Å². The fourth-order valence-electron chi connectivity index (χ4n) is 4.01. The lowest BCUT2D eigenvalue weighted by molar-refractivity contribution is 0.252. The van der Waals surface area contributed by atoms with Gasteiger partial charge in [-0.2, -0.15) is 0 Å². The number of benzene rings is 4. The Kier molecular flexibility index (Phi) is 5.52. The van der Waals surface area contributed by atoms with Crippen LogP contribution in [0.3, 0.4) is 0 Å². The minimum atomic E-state index is -3.46. The van der Waals surface area contributed by atoms with Crippen LogP contribution in [0.1, 0.15) is 22.8 Å². The Bertz CT molecular complexity index is 1230. The van der Waals surface area contributed by atoms with E-state index in [9.17, 15) is 4.57 Å². The molecule has 4 aromatic rings. The lowest BCUT2D eigenvalue weighted by Crippen LogP contribution is -2.23. The molecule has 0 unspecified atom stereocenters. The molecule has 1 N–H and O–H groups in total. The molecule has 1 aliphatic carbocycles. The smallest absolute Gasteiger partial charge is 0.300 e. The van der Waals surface area contributed by atoms with Gasteiger partial charge in [0.1, 0.15) is 6.10 Å². The summed E-state index contributed by atoms with van der Waals surface area (Å²) < 4.78 is 20.8. The largest absolute Gasteiger partial charge is 0.301 e. The maximum Gasteiger partial charge on any atom is 0.300 e. The molecule has 3 nitrogen and oxygen atoms in total. The van der Waals surface area contributed by atoms with Gasteiger partial charge in [0, 0.05) is 11.6 Å². The van der Waals surface area contributed by atoms with Crippen LogP contribution in [0.25, 0.3) is 11.1 Å². The highest BCUT2D eigenvalue weighted by Gasteiger charge is 2.36.